The summed E-state index contributed by atoms with van der Waals surface area (Å²) in [6.45, 7) is -1.92. The fraction of sp³-hybridized carbons (Fsp3) is 0.455. The number of nitrogens with zero attached hydrogens (tertiary/aromatic N) is 2. The molecule has 2 N–H and O–H groups in total. The molecular formula is C11H14F2N2O4. The van der Waals surface area contributed by atoms with Crippen LogP contribution >= 0.6 is 0 Å². The largest absolute Gasteiger partial charge is 0.480 e. The van der Waals surface area contributed by atoms with Crippen molar-refractivity contribution in [2.75, 3.05) is 19.7 Å². The minimum Gasteiger partial charge on any atom is -0.480 e. The third-order valence-electron chi connectivity index (χ3n) is 2.37. The molecule has 1 amide bonds. The van der Waals surface area contributed by atoms with Gasteiger partial charge in [0.2, 0.25) is 0 Å². The molecule has 0 aliphatic rings. The van der Waals surface area contributed by atoms with Crippen molar-refractivity contribution in [2.45, 2.75) is 13.0 Å². The van der Waals surface area contributed by atoms with E-state index in [4.69, 9.17) is 10.2 Å². The molecule has 0 saturated heterocycles. The molecule has 1 aromatic rings. The fourth-order valence-corrected chi connectivity index (χ4v) is 1.62. The zero-order valence-electron chi connectivity index (χ0n) is 10.00. The van der Waals surface area contributed by atoms with Crippen LogP contribution in [-0.4, -0.2) is 57.7 Å². The van der Waals surface area contributed by atoms with E-state index in [9.17, 15) is 18.4 Å². The molecule has 0 fully saturated rings. The van der Waals surface area contributed by atoms with Crippen molar-refractivity contribution in [2.24, 2.45) is 0 Å². The van der Waals surface area contributed by atoms with E-state index in [1.807, 2.05) is 0 Å². The van der Waals surface area contributed by atoms with E-state index in [2.05, 4.69) is 0 Å². The Morgan fingerprint density at radius 3 is 2.63 bits per heavy atom. The van der Waals surface area contributed by atoms with Gasteiger partial charge in [-0.25, -0.2) is 8.78 Å². The van der Waals surface area contributed by atoms with Gasteiger partial charge >= 0.3 is 5.97 Å². The highest BCUT2D eigenvalue weighted by Crippen LogP contribution is 2.09. The summed E-state index contributed by atoms with van der Waals surface area (Å²) in [4.78, 5) is 23.4. The van der Waals surface area contributed by atoms with Crippen LogP contribution in [0.2, 0.25) is 0 Å². The number of hydrogen-bond acceptors (Lipinski definition) is 3. The second kappa shape index (κ2) is 6.83. The number of hydrogen-bond donors (Lipinski definition) is 2. The zero-order chi connectivity index (χ0) is 14.4. The van der Waals surface area contributed by atoms with Gasteiger partial charge in [0.25, 0.3) is 12.3 Å². The Hall–Kier alpha value is -1.96. The van der Waals surface area contributed by atoms with Gasteiger partial charge in [-0.15, -0.1) is 0 Å². The summed E-state index contributed by atoms with van der Waals surface area (Å²) in [6.07, 6.45) is -1.35. The van der Waals surface area contributed by atoms with Gasteiger partial charge in [0, 0.05) is 12.7 Å². The molecular weight excluding hydrogens is 262 g/mol. The lowest BCUT2D eigenvalue weighted by molar-refractivity contribution is -0.137. The highest BCUT2D eigenvalue weighted by molar-refractivity contribution is 5.93. The number of halogens is 2. The summed E-state index contributed by atoms with van der Waals surface area (Å²) in [5.74, 6) is -1.88. The second-order valence-electron chi connectivity index (χ2n) is 3.78. The number of aromatic nitrogens is 1. The molecule has 6 nitrogen and oxygen atoms in total. The molecule has 0 aliphatic carbocycles. The van der Waals surface area contributed by atoms with Crippen LogP contribution in [0.1, 0.15) is 10.5 Å². The second-order valence-corrected chi connectivity index (χ2v) is 3.78. The smallest absolute Gasteiger partial charge is 0.323 e. The Balaban J connectivity index is 2.89. The van der Waals surface area contributed by atoms with Gasteiger partial charge in [0.1, 0.15) is 12.2 Å². The minimum atomic E-state index is -2.72. The Morgan fingerprint density at radius 1 is 1.42 bits per heavy atom. The van der Waals surface area contributed by atoms with Crippen LogP contribution < -0.4 is 0 Å². The van der Waals surface area contributed by atoms with Crippen LogP contribution in [0.3, 0.4) is 0 Å². The van der Waals surface area contributed by atoms with Gasteiger partial charge in [-0.05, 0) is 12.1 Å². The summed E-state index contributed by atoms with van der Waals surface area (Å²) < 4.78 is 25.8. The average molecular weight is 276 g/mol. The predicted octanol–water partition coefficient (Wildman–Crippen LogP) is 0.272. The summed E-state index contributed by atoms with van der Waals surface area (Å²) in [7, 11) is 0. The maximum atomic E-state index is 12.3. The Kier molecular flexibility index (Phi) is 5.43. The topological polar surface area (TPSA) is 82.8 Å². The molecule has 19 heavy (non-hydrogen) atoms. The molecule has 0 spiro atoms. The van der Waals surface area contributed by atoms with Crippen LogP contribution in [-0.2, 0) is 11.3 Å². The van der Waals surface area contributed by atoms with E-state index in [1.54, 1.807) is 0 Å². The number of amides is 1. The van der Waals surface area contributed by atoms with Crippen LogP contribution in [0.4, 0.5) is 8.78 Å². The van der Waals surface area contributed by atoms with E-state index in [0.717, 1.165) is 9.47 Å². The van der Waals surface area contributed by atoms with Gasteiger partial charge in [0.15, 0.2) is 0 Å². The third-order valence-corrected chi connectivity index (χ3v) is 2.37. The summed E-state index contributed by atoms with van der Waals surface area (Å²) in [5.41, 5.74) is -0.00324. The number of carbonyl (C=O) groups excluding carboxylic acids is 1. The number of aliphatic hydroxyl groups excluding tert-OH is 1. The number of alkyl halides is 2. The number of aliphatic hydroxyl groups is 1. The van der Waals surface area contributed by atoms with Gasteiger partial charge < -0.3 is 19.7 Å². The summed E-state index contributed by atoms with van der Waals surface area (Å²) >= 11 is 0. The first kappa shape index (κ1) is 15.1. The zero-order valence-corrected chi connectivity index (χ0v) is 10.00. The summed E-state index contributed by atoms with van der Waals surface area (Å²) in [5, 5.41) is 17.4. The maximum Gasteiger partial charge on any atom is 0.323 e. The maximum absolute atomic E-state index is 12.3. The third kappa shape index (κ3) is 4.32. The summed E-state index contributed by atoms with van der Waals surface area (Å²) in [6, 6.07) is 2.80. The number of carboxylic acids is 1. The van der Waals surface area contributed by atoms with E-state index in [0.29, 0.717) is 0 Å². The van der Waals surface area contributed by atoms with Crippen LogP contribution in [0.15, 0.2) is 18.3 Å². The number of carboxylic acid groups (broad SMARTS) is 1. The standard InChI is InChI=1S/C11H14F2N2O4/c12-9(13)6-15(4-5-16)11(19)8-2-1-3-14(8)7-10(17)18/h1-3,9,16H,4-7H2,(H,17,18). The lowest BCUT2D eigenvalue weighted by Gasteiger charge is -2.21. The van der Waals surface area contributed by atoms with Crippen molar-refractivity contribution in [1.82, 2.24) is 9.47 Å². The van der Waals surface area contributed by atoms with E-state index >= 15 is 0 Å². The van der Waals surface area contributed by atoms with Gasteiger partial charge in [-0.2, -0.15) is 0 Å². The molecule has 8 heteroatoms. The van der Waals surface area contributed by atoms with Crippen molar-refractivity contribution in [3.05, 3.63) is 24.0 Å². The SMILES string of the molecule is O=C(O)Cn1cccc1C(=O)N(CCO)CC(F)F. The van der Waals surface area contributed by atoms with Crippen molar-refractivity contribution < 1.29 is 28.6 Å². The lowest BCUT2D eigenvalue weighted by atomic mass is 10.3. The van der Waals surface area contributed by atoms with Crippen LogP contribution in [0.25, 0.3) is 0 Å². The van der Waals surface area contributed by atoms with Crippen molar-refractivity contribution in [1.29, 1.82) is 0 Å². The fourth-order valence-electron chi connectivity index (χ4n) is 1.62. The van der Waals surface area contributed by atoms with E-state index < -0.39 is 38.0 Å². The first-order valence-electron chi connectivity index (χ1n) is 5.51. The number of rotatable bonds is 7. The number of carbonyl (C=O) groups is 2. The molecule has 0 bridgehead atoms. The quantitative estimate of drug-likeness (QED) is 0.749. The van der Waals surface area contributed by atoms with Crippen LogP contribution in [0, 0.1) is 0 Å². The number of aliphatic carboxylic acids is 1. The monoisotopic (exact) mass is 276 g/mol. The van der Waals surface area contributed by atoms with Crippen molar-refractivity contribution in [3.8, 4) is 0 Å². The molecule has 0 atom stereocenters. The van der Waals surface area contributed by atoms with Gasteiger partial charge in [-0.3, -0.25) is 9.59 Å². The van der Waals surface area contributed by atoms with E-state index in [-0.39, 0.29) is 12.2 Å². The molecule has 0 aromatic carbocycles. The highest BCUT2D eigenvalue weighted by Gasteiger charge is 2.22. The first-order chi connectivity index (χ1) is 8.95. The predicted molar refractivity (Wildman–Crippen MR) is 61.1 cm³/mol. The molecule has 106 valence electrons. The Morgan fingerprint density at radius 2 is 2.11 bits per heavy atom. The molecule has 0 aliphatic heterocycles. The molecule has 0 radical (unpaired) electrons. The van der Waals surface area contributed by atoms with Crippen molar-refractivity contribution >= 4 is 11.9 Å². The molecule has 0 unspecified atom stereocenters. The first-order valence-corrected chi connectivity index (χ1v) is 5.51. The molecule has 1 heterocycles. The molecule has 1 rings (SSSR count). The highest BCUT2D eigenvalue weighted by atomic mass is 19.3. The minimum absolute atomic E-state index is 0.00324. The molecule has 0 saturated carbocycles. The Bertz CT molecular complexity index is 448. The van der Waals surface area contributed by atoms with E-state index in [1.165, 1.54) is 18.3 Å². The lowest BCUT2D eigenvalue weighted by Crippen LogP contribution is -2.38. The van der Waals surface area contributed by atoms with Crippen molar-refractivity contribution in [3.63, 3.8) is 0 Å². The van der Waals surface area contributed by atoms with Gasteiger partial charge in [0.05, 0.1) is 13.2 Å². The van der Waals surface area contributed by atoms with Crippen LogP contribution in [0.5, 0.6) is 0 Å². The normalized spacial score (nSPS) is 10.7. The Labute approximate surface area is 107 Å². The van der Waals surface area contributed by atoms with Gasteiger partial charge in [-0.1, -0.05) is 0 Å². The average Bonchev–Trinajstić information content (AvgIpc) is 2.74. The molecule has 1 aromatic heterocycles.